The summed E-state index contributed by atoms with van der Waals surface area (Å²) in [5.74, 6) is 0.685. The van der Waals surface area contributed by atoms with Gasteiger partial charge < -0.3 is 11.1 Å². The lowest BCUT2D eigenvalue weighted by molar-refractivity contribution is -0.118. The molecule has 0 aliphatic rings. The van der Waals surface area contributed by atoms with Crippen molar-refractivity contribution in [2.24, 2.45) is 18.7 Å². The lowest BCUT2D eigenvalue weighted by Crippen LogP contribution is -2.40. The summed E-state index contributed by atoms with van der Waals surface area (Å²) in [5.41, 5.74) is 5.80. The van der Waals surface area contributed by atoms with E-state index in [1.165, 1.54) is 0 Å². The number of carbonyl (C=O) groups is 1. The van der Waals surface area contributed by atoms with Crippen molar-refractivity contribution in [3.8, 4) is 0 Å². The Labute approximate surface area is 89.6 Å². The molecule has 3 N–H and O–H groups in total. The summed E-state index contributed by atoms with van der Waals surface area (Å²) in [7, 11) is 1.77. The minimum atomic E-state index is -0.468. The topological polar surface area (TPSA) is 72.9 Å². The van der Waals surface area contributed by atoms with Crippen LogP contribution >= 0.6 is 0 Å². The summed E-state index contributed by atoms with van der Waals surface area (Å²) in [5, 5.41) is 6.70. The molecule has 0 saturated heterocycles. The fraction of sp³-hybridized carbons (Fsp3) is 0.600. The van der Waals surface area contributed by atoms with Crippen molar-refractivity contribution in [1.29, 1.82) is 0 Å². The van der Waals surface area contributed by atoms with Crippen LogP contribution in [0.5, 0.6) is 0 Å². The quantitative estimate of drug-likeness (QED) is 0.769. The molecule has 84 valence electrons. The maximum atomic E-state index is 11.7. The van der Waals surface area contributed by atoms with Gasteiger partial charge in [0.25, 0.3) is 0 Å². The first kappa shape index (κ1) is 11.7. The first-order valence-electron chi connectivity index (χ1n) is 5.10. The minimum Gasteiger partial charge on any atom is -0.320 e. The van der Waals surface area contributed by atoms with Crippen molar-refractivity contribution < 1.29 is 4.79 Å². The highest BCUT2D eigenvalue weighted by atomic mass is 16.2. The standard InChI is InChI=1S/C10H18N4O/c1-4-7(2)9(11)10(15)13-8-5-6-12-14(8)3/h5-7,9H,4,11H2,1-3H3,(H,13,15)/t7-,9-/m0/s1. The van der Waals surface area contributed by atoms with Gasteiger partial charge in [-0.25, -0.2) is 0 Å². The molecule has 1 amide bonds. The van der Waals surface area contributed by atoms with Crippen molar-refractivity contribution in [3.63, 3.8) is 0 Å². The van der Waals surface area contributed by atoms with Crippen LogP contribution in [0.15, 0.2) is 12.3 Å². The molecule has 0 aliphatic carbocycles. The molecule has 5 heteroatoms. The number of hydrogen-bond donors (Lipinski definition) is 2. The molecule has 0 aliphatic heterocycles. The number of aromatic nitrogens is 2. The number of rotatable bonds is 4. The number of carbonyl (C=O) groups excluding carboxylic acids is 1. The van der Waals surface area contributed by atoms with E-state index in [0.717, 1.165) is 6.42 Å². The van der Waals surface area contributed by atoms with E-state index in [1.807, 2.05) is 13.8 Å². The molecule has 0 spiro atoms. The average Bonchev–Trinajstić information content (AvgIpc) is 2.62. The van der Waals surface area contributed by atoms with Crippen LogP contribution in [0, 0.1) is 5.92 Å². The van der Waals surface area contributed by atoms with Gasteiger partial charge in [0, 0.05) is 13.1 Å². The number of amides is 1. The zero-order chi connectivity index (χ0) is 11.4. The number of nitrogens with one attached hydrogen (secondary N) is 1. The van der Waals surface area contributed by atoms with Crippen LogP contribution < -0.4 is 11.1 Å². The van der Waals surface area contributed by atoms with E-state index in [1.54, 1.807) is 24.0 Å². The van der Waals surface area contributed by atoms with Crippen LogP contribution in [-0.4, -0.2) is 21.7 Å². The molecule has 15 heavy (non-hydrogen) atoms. The van der Waals surface area contributed by atoms with Crippen molar-refractivity contribution >= 4 is 11.7 Å². The Kier molecular flexibility index (Phi) is 3.85. The summed E-state index contributed by atoms with van der Waals surface area (Å²) >= 11 is 0. The van der Waals surface area contributed by atoms with Crippen LogP contribution in [0.25, 0.3) is 0 Å². The van der Waals surface area contributed by atoms with Gasteiger partial charge in [0.15, 0.2) is 0 Å². The van der Waals surface area contributed by atoms with E-state index in [2.05, 4.69) is 10.4 Å². The minimum absolute atomic E-state index is 0.159. The molecule has 1 aromatic rings. The summed E-state index contributed by atoms with van der Waals surface area (Å²) in [6.07, 6.45) is 2.52. The zero-order valence-electron chi connectivity index (χ0n) is 9.40. The molecule has 2 atom stereocenters. The normalized spacial score (nSPS) is 14.7. The molecule has 1 rings (SSSR count). The molecule has 0 saturated carbocycles. The molecule has 0 fully saturated rings. The molecule has 0 unspecified atom stereocenters. The van der Waals surface area contributed by atoms with Crippen LogP contribution in [0.4, 0.5) is 5.82 Å². The number of nitrogens with two attached hydrogens (primary N) is 1. The van der Waals surface area contributed by atoms with Gasteiger partial charge in [-0.2, -0.15) is 5.10 Å². The Morgan fingerprint density at radius 1 is 1.73 bits per heavy atom. The highest BCUT2D eigenvalue weighted by Crippen LogP contribution is 2.09. The van der Waals surface area contributed by atoms with E-state index < -0.39 is 6.04 Å². The Morgan fingerprint density at radius 2 is 2.40 bits per heavy atom. The highest BCUT2D eigenvalue weighted by molar-refractivity contribution is 5.94. The van der Waals surface area contributed by atoms with Crippen molar-refractivity contribution in [3.05, 3.63) is 12.3 Å². The Balaban J connectivity index is 2.60. The average molecular weight is 210 g/mol. The second-order valence-electron chi connectivity index (χ2n) is 3.74. The Bertz CT molecular complexity index is 334. The van der Waals surface area contributed by atoms with Gasteiger partial charge in [-0.05, 0) is 5.92 Å². The maximum absolute atomic E-state index is 11.7. The molecular formula is C10H18N4O. The van der Waals surface area contributed by atoms with Gasteiger partial charge in [-0.1, -0.05) is 20.3 Å². The molecular weight excluding hydrogens is 192 g/mol. The van der Waals surface area contributed by atoms with Crippen LogP contribution in [0.3, 0.4) is 0 Å². The Morgan fingerprint density at radius 3 is 2.87 bits per heavy atom. The highest BCUT2D eigenvalue weighted by Gasteiger charge is 2.19. The lowest BCUT2D eigenvalue weighted by Gasteiger charge is -2.17. The molecule has 1 heterocycles. The van der Waals surface area contributed by atoms with E-state index in [0.29, 0.717) is 5.82 Å². The number of hydrogen-bond acceptors (Lipinski definition) is 3. The smallest absolute Gasteiger partial charge is 0.242 e. The monoisotopic (exact) mass is 210 g/mol. The maximum Gasteiger partial charge on any atom is 0.242 e. The van der Waals surface area contributed by atoms with E-state index in [-0.39, 0.29) is 11.8 Å². The van der Waals surface area contributed by atoms with Gasteiger partial charge in [-0.3, -0.25) is 9.48 Å². The summed E-state index contributed by atoms with van der Waals surface area (Å²) in [4.78, 5) is 11.7. The van der Waals surface area contributed by atoms with Crippen molar-refractivity contribution in [1.82, 2.24) is 9.78 Å². The lowest BCUT2D eigenvalue weighted by atomic mass is 9.99. The summed E-state index contributed by atoms with van der Waals surface area (Å²) in [6, 6.07) is 1.27. The first-order chi connectivity index (χ1) is 7.06. The largest absolute Gasteiger partial charge is 0.320 e. The van der Waals surface area contributed by atoms with Gasteiger partial charge in [-0.15, -0.1) is 0 Å². The molecule has 0 aromatic carbocycles. The van der Waals surface area contributed by atoms with E-state index in [9.17, 15) is 4.79 Å². The van der Waals surface area contributed by atoms with Gasteiger partial charge in [0.05, 0.1) is 12.2 Å². The second-order valence-corrected chi connectivity index (χ2v) is 3.74. The van der Waals surface area contributed by atoms with Crippen LogP contribution in [-0.2, 0) is 11.8 Å². The van der Waals surface area contributed by atoms with Gasteiger partial charge >= 0.3 is 0 Å². The van der Waals surface area contributed by atoms with E-state index >= 15 is 0 Å². The van der Waals surface area contributed by atoms with Crippen LogP contribution in [0.1, 0.15) is 20.3 Å². The molecule has 1 aromatic heterocycles. The van der Waals surface area contributed by atoms with E-state index in [4.69, 9.17) is 5.73 Å². The van der Waals surface area contributed by atoms with Crippen molar-refractivity contribution in [2.75, 3.05) is 5.32 Å². The third-order valence-electron chi connectivity index (χ3n) is 2.63. The number of aryl methyl sites for hydroxylation is 1. The molecule has 0 bridgehead atoms. The summed E-state index contributed by atoms with van der Waals surface area (Å²) < 4.78 is 1.60. The summed E-state index contributed by atoms with van der Waals surface area (Å²) in [6.45, 7) is 3.98. The molecule has 5 nitrogen and oxygen atoms in total. The van der Waals surface area contributed by atoms with Gasteiger partial charge in [0.1, 0.15) is 5.82 Å². The third-order valence-corrected chi connectivity index (χ3v) is 2.63. The molecule has 0 radical (unpaired) electrons. The van der Waals surface area contributed by atoms with Gasteiger partial charge in [0.2, 0.25) is 5.91 Å². The zero-order valence-corrected chi connectivity index (χ0v) is 9.40. The fourth-order valence-electron chi connectivity index (χ4n) is 1.22. The second kappa shape index (κ2) is 4.93. The van der Waals surface area contributed by atoms with Crippen LogP contribution in [0.2, 0.25) is 0 Å². The fourth-order valence-corrected chi connectivity index (χ4v) is 1.22. The van der Waals surface area contributed by atoms with Crippen molar-refractivity contribution in [2.45, 2.75) is 26.3 Å². The SMILES string of the molecule is CC[C@H](C)[C@H](N)C(=O)Nc1ccnn1C. The number of anilines is 1. The third kappa shape index (κ3) is 2.79. The predicted molar refractivity (Wildman–Crippen MR) is 59.3 cm³/mol. The predicted octanol–water partition coefficient (Wildman–Crippen LogP) is 0.732. The first-order valence-corrected chi connectivity index (χ1v) is 5.10. The Hall–Kier alpha value is -1.36. The number of nitrogens with zero attached hydrogens (tertiary/aromatic N) is 2.